The van der Waals surface area contributed by atoms with Gasteiger partial charge in [0.05, 0.1) is 35.1 Å². The van der Waals surface area contributed by atoms with Gasteiger partial charge in [0.1, 0.15) is 18.1 Å². The maximum absolute atomic E-state index is 15.2. The Kier molecular flexibility index (Phi) is 8.85. The molecule has 4 rings (SSSR count). The highest BCUT2D eigenvalue weighted by Gasteiger charge is 2.38. The van der Waals surface area contributed by atoms with Gasteiger partial charge in [-0.3, -0.25) is 14.6 Å². The lowest BCUT2D eigenvalue weighted by atomic mass is 9.82. The third-order valence-electron chi connectivity index (χ3n) is 7.68. The average Bonchev–Trinajstić information content (AvgIpc) is 3.20. The van der Waals surface area contributed by atoms with Gasteiger partial charge in [-0.15, -0.1) is 0 Å². The normalized spacial score (nSPS) is 25.2. The molecule has 1 saturated carbocycles. The number of aliphatic hydroxyl groups is 1. The number of amides is 1. The number of aliphatic hydroxyl groups excluding tert-OH is 1. The topological polar surface area (TPSA) is 94.1 Å². The fourth-order valence-corrected chi connectivity index (χ4v) is 5.50. The van der Waals surface area contributed by atoms with Crippen molar-refractivity contribution in [3.63, 3.8) is 0 Å². The molecule has 1 aliphatic heterocycles. The summed E-state index contributed by atoms with van der Waals surface area (Å²) in [4.78, 5) is 29.2. The fraction of sp³-hybridized carbons (Fsp3) is 0.536. The number of cyclic esters (lactones) is 1. The van der Waals surface area contributed by atoms with Gasteiger partial charge in [0, 0.05) is 11.5 Å². The van der Waals surface area contributed by atoms with Crippen LogP contribution in [-0.2, 0) is 9.53 Å². The lowest BCUT2D eigenvalue weighted by Crippen LogP contribution is -2.49. The number of ketones is 1. The summed E-state index contributed by atoms with van der Waals surface area (Å²) < 4.78 is 20.5. The third-order valence-corrected chi connectivity index (χ3v) is 7.82. The number of halogens is 1. The van der Waals surface area contributed by atoms with Crippen LogP contribution in [0.2, 0.25) is 0 Å². The van der Waals surface area contributed by atoms with Gasteiger partial charge in [-0.2, -0.15) is 0 Å². The van der Waals surface area contributed by atoms with Crippen molar-refractivity contribution < 1.29 is 23.8 Å². The Labute approximate surface area is 228 Å². The van der Waals surface area contributed by atoms with Crippen LogP contribution in [0.4, 0.5) is 20.6 Å². The van der Waals surface area contributed by atoms with Crippen molar-refractivity contribution in [2.45, 2.75) is 70.7 Å². The molecule has 1 amide bonds. The van der Waals surface area contributed by atoms with Crippen LogP contribution in [0.3, 0.4) is 0 Å². The number of hydrogen-bond donors (Lipinski definition) is 3. The molecule has 1 saturated heterocycles. The predicted molar refractivity (Wildman–Crippen MR) is 150 cm³/mol. The number of carbonyl (C=O) groups excluding carboxylic acids is 2. The Morgan fingerprint density at radius 2 is 2.05 bits per heavy atom. The zero-order valence-corrected chi connectivity index (χ0v) is 23.0. The summed E-state index contributed by atoms with van der Waals surface area (Å²) in [6.07, 6.45) is 9.24. The number of nitrogens with zero attached hydrogens (tertiary/aromatic N) is 2. The van der Waals surface area contributed by atoms with Gasteiger partial charge in [0.15, 0.2) is 0 Å². The van der Waals surface area contributed by atoms with E-state index in [1.807, 2.05) is 18.9 Å². The van der Waals surface area contributed by atoms with Crippen LogP contribution in [0.5, 0.6) is 0 Å². The van der Waals surface area contributed by atoms with Crippen molar-refractivity contribution >= 4 is 40.5 Å². The van der Waals surface area contributed by atoms with Gasteiger partial charge in [-0.1, -0.05) is 44.5 Å². The molecule has 2 unspecified atom stereocenters. The van der Waals surface area contributed by atoms with E-state index >= 15 is 4.39 Å². The summed E-state index contributed by atoms with van der Waals surface area (Å²) in [6, 6.07) is 4.64. The minimum Gasteiger partial charge on any atom is -0.442 e. The van der Waals surface area contributed by atoms with Gasteiger partial charge in [-0.25, -0.2) is 9.18 Å². The van der Waals surface area contributed by atoms with Crippen LogP contribution in [0.25, 0.3) is 0 Å². The number of rotatable bonds is 8. The van der Waals surface area contributed by atoms with E-state index in [1.165, 1.54) is 29.5 Å². The van der Waals surface area contributed by atoms with Gasteiger partial charge in [-0.05, 0) is 63.6 Å². The number of benzene rings is 1. The smallest absolute Gasteiger partial charge is 0.414 e. The monoisotopic (exact) mass is 544 g/mol. The summed E-state index contributed by atoms with van der Waals surface area (Å²) in [5, 5.41) is 17.3. The van der Waals surface area contributed by atoms with Crippen molar-refractivity contribution in [3.05, 3.63) is 47.9 Å². The molecule has 0 bridgehead atoms. The molecule has 3 aliphatic rings. The lowest BCUT2D eigenvalue weighted by molar-refractivity contribution is -0.111. The molecule has 38 heavy (non-hydrogen) atoms. The Balaban J connectivity index is 1.50. The van der Waals surface area contributed by atoms with Crippen LogP contribution in [-0.4, -0.2) is 65.4 Å². The van der Waals surface area contributed by atoms with Gasteiger partial charge >= 0.3 is 6.09 Å². The van der Waals surface area contributed by atoms with Crippen molar-refractivity contribution in [3.8, 4) is 0 Å². The van der Waals surface area contributed by atoms with E-state index in [-0.39, 0.29) is 23.7 Å². The van der Waals surface area contributed by atoms with Crippen LogP contribution >= 0.6 is 12.2 Å². The largest absolute Gasteiger partial charge is 0.442 e. The highest BCUT2D eigenvalue weighted by atomic mass is 32.1. The zero-order valence-electron chi connectivity index (χ0n) is 22.2. The molecule has 2 aliphatic carbocycles. The number of ether oxygens (including phenoxy) is 1. The van der Waals surface area contributed by atoms with E-state index in [1.54, 1.807) is 25.1 Å². The Bertz CT molecular complexity index is 1140. The number of allylic oxidation sites excluding steroid dienone is 2. The van der Waals surface area contributed by atoms with E-state index in [4.69, 9.17) is 17.0 Å². The predicted octanol–water partition coefficient (Wildman–Crippen LogP) is 4.50. The Hall–Kier alpha value is -2.82. The third kappa shape index (κ3) is 6.42. The molecule has 1 aromatic rings. The summed E-state index contributed by atoms with van der Waals surface area (Å²) >= 11 is 5.00. The number of thiocarbonyl (C=S) groups is 1. The van der Waals surface area contributed by atoms with Crippen LogP contribution < -0.4 is 15.5 Å². The standard InChI is InChI=1S/C28H37FN4O4S/c1-18(38)30-16-21-17-33(27(36)37-21)20-11-12-23(22(29)14-20)31-24-15-28(2,13-7-10-25(24)34)26(35)32(3)19-8-5-4-6-9-19/h7,10-12,14-15,19,21,26,31,35H,4-6,8-9,13,16-17H2,1-3H3,(H,30,38)/t21-,26?,28?/m0/s1. The molecule has 1 aromatic carbocycles. The van der Waals surface area contributed by atoms with Crippen molar-refractivity contribution in [1.29, 1.82) is 0 Å². The first-order chi connectivity index (χ1) is 18.1. The first-order valence-corrected chi connectivity index (χ1v) is 13.6. The SMILES string of the molecule is CC(=S)NC[C@H]1CN(c2ccc(NC3=CC(C)(C(O)N(C)C4CCCCC4)CC=CC3=O)c(F)c2)C(=O)O1. The quantitative estimate of drug-likeness (QED) is 0.325. The fourth-order valence-electron chi connectivity index (χ4n) is 5.41. The van der Waals surface area contributed by atoms with E-state index in [0.717, 1.165) is 25.7 Å². The first kappa shape index (κ1) is 28.2. The molecule has 1 heterocycles. The minimum absolute atomic E-state index is 0.100. The summed E-state index contributed by atoms with van der Waals surface area (Å²) in [7, 11) is 1.93. The van der Waals surface area contributed by atoms with Crippen molar-refractivity contribution in [2.24, 2.45) is 5.41 Å². The van der Waals surface area contributed by atoms with Gasteiger partial charge < -0.3 is 20.5 Å². The van der Waals surface area contributed by atoms with E-state index < -0.39 is 29.7 Å². The molecule has 3 atom stereocenters. The summed E-state index contributed by atoms with van der Waals surface area (Å²) in [5.41, 5.74) is -0.0962. The number of hydrogen-bond acceptors (Lipinski definition) is 7. The first-order valence-electron chi connectivity index (χ1n) is 13.2. The lowest BCUT2D eigenvalue weighted by Gasteiger charge is -2.42. The number of nitrogens with one attached hydrogen (secondary N) is 2. The summed E-state index contributed by atoms with van der Waals surface area (Å²) in [6.45, 7) is 4.30. The highest BCUT2D eigenvalue weighted by Crippen LogP contribution is 2.37. The molecule has 206 valence electrons. The van der Waals surface area contributed by atoms with Gasteiger partial charge in [0.25, 0.3) is 0 Å². The van der Waals surface area contributed by atoms with E-state index in [9.17, 15) is 14.7 Å². The second kappa shape index (κ2) is 11.9. The molecule has 3 N–H and O–H groups in total. The maximum Gasteiger partial charge on any atom is 0.414 e. The minimum atomic E-state index is -0.809. The van der Waals surface area contributed by atoms with E-state index in [0.29, 0.717) is 29.7 Å². The summed E-state index contributed by atoms with van der Waals surface area (Å²) in [5.74, 6) is -0.910. The zero-order chi connectivity index (χ0) is 27.4. The van der Waals surface area contributed by atoms with Crippen LogP contribution in [0, 0.1) is 11.2 Å². The van der Waals surface area contributed by atoms with Gasteiger partial charge in [0.2, 0.25) is 5.78 Å². The second-order valence-corrected chi connectivity index (χ2v) is 11.3. The van der Waals surface area contributed by atoms with Crippen LogP contribution in [0.1, 0.15) is 52.4 Å². The average molecular weight is 545 g/mol. The molecule has 2 fully saturated rings. The van der Waals surface area contributed by atoms with Crippen LogP contribution in [0.15, 0.2) is 42.1 Å². The molecule has 0 radical (unpaired) electrons. The Morgan fingerprint density at radius 1 is 1.32 bits per heavy atom. The highest BCUT2D eigenvalue weighted by molar-refractivity contribution is 7.80. The molecule has 0 spiro atoms. The number of anilines is 2. The molecular weight excluding hydrogens is 507 g/mol. The second-order valence-electron chi connectivity index (χ2n) is 10.7. The maximum atomic E-state index is 15.2. The van der Waals surface area contributed by atoms with Crippen molar-refractivity contribution in [1.82, 2.24) is 10.2 Å². The molecule has 0 aromatic heterocycles. The number of carbonyl (C=O) groups is 2. The molecular formula is C28H37FN4O4S. The van der Waals surface area contributed by atoms with E-state index in [2.05, 4.69) is 10.6 Å². The van der Waals surface area contributed by atoms with Crippen molar-refractivity contribution in [2.75, 3.05) is 30.4 Å². The molecule has 8 nitrogen and oxygen atoms in total. The molecule has 10 heteroatoms. The Morgan fingerprint density at radius 3 is 2.74 bits per heavy atom.